The summed E-state index contributed by atoms with van der Waals surface area (Å²) >= 11 is 0. The van der Waals surface area contributed by atoms with Gasteiger partial charge < -0.3 is 9.80 Å². The highest BCUT2D eigenvalue weighted by molar-refractivity contribution is 6.35. The highest BCUT2D eigenvalue weighted by Crippen LogP contribution is 2.14. The third-order valence-corrected chi connectivity index (χ3v) is 5.04. The number of piperazine rings is 1. The number of likely N-dealkylation sites (tertiary alicyclic amines) is 2. The van der Waals surface area contributed by atoms with E-state index in [4.69, 9.17) is 0 Å². The number of rotatable bonds is 4. The van der Waals surface area contributed by atoms with E-state index in [9.17, 15) is 9.59 Å². The third-order valence-electron chi connectivity index (χ3n) is 5.04. The number of nitrogens with zero attached hydrogens (tertiary/aromatic N) is 4. The lowest BCUT2D eigenvalue weighted by Crippen LogP contribution is -2.59. The van der Waals surface area contributed by atoms with Gasteiger partial charge in [-0.25, -0.2) is 0 Å². The van der Waals surface area contributed by atoms with Crippen LogP contribution in [-0.2, 0) is 9.59 Å². The number of carbonyl (C=O) groups excluding carboxylic acids is 2. The van der Waals surface area contributed by atoms with Crippen LogP contribution in [0.1, 0.15) is 38.5 Å². The molecule has 0 aromatic carbocycles. The fourth-order valence-electron chi connectivity index (χ4n) is 3.67. The van der Waals surface area contributed by atoms with Crippen molar-refractivity contribution in [2.75, 3.05) is 52.6 Å². The Morgan fingerprint density at radius 1 is 0.545 bits per heavy atom. The van der Waals surface area contributed by atoms with E-state index in [-0.39, 0.29) is 11.8 Å². The summed E-state index contributed by atoms with van der Waals surface area (Å²) in [5, 5.41) is 0. The SMILES string of the molecule is O=C1C(=O)N(CN2CCCCC2)CCN1CN1CCCCC1. The second-order valence-corrected chi connectivity index (χ2v) is 6.78. The number of hydrogen-bond donors (Lipinski definition) is 0. The molecule has 0 saturated carbocycles. The van der Waals surface area contributed by atoms with Crippen LogP contribution in [0.15, 0.2) is 0 Å². The van der Waals surface area contributed by atoms with Crippen LogP contribution in [0.3, 0.4) is 0 Å². The van der Waals surface area contributed by atoms with Crippen molar-refractivity contribution < 1.29 is 9.59 Å². The van der Waals surface area contributed by atoms with Gasteiger partial charge in [-0.2, -0.15) is 0 Å². The molecule has 22 heavy (non-hydrogen) atoms. The molecule has 3 fully saturated rings. The standard InChI is InChI=1S/C16H28N4O2/c21-15-16(22)20(14-18-9-5-2-6-10-18)12-11-19(15)13-17-7-3-1-4-8-17/h1-14H2. The van der Waals surface area contributed by atoms with E-state index in [0.717, 1.165) is 26.2 Å². The van der Waals surface area contributed by atoms with Crippen LogP contribution < -0.4 is 0 Å². The Kier molecular flexibility index (Phi) is 5.31. The van der Waals surface area contributed by atoms with Crippen molar-refractivity contribution in [1.29, 1.82) is 0 Å². The van der Waals surface area contributed by atoms with E-state index in [1.807, 2.05) is 0 Å². The van der Waals surface area contributed by atoms with Crippen LogP contribution in [0.5, 0.6) is 0 Å². The summed E-state index contributed by atoms with van der Waals surface area (Å²) < 4.78 is 0. The lowest BCUT2D eigenvalue weighted by molar-refractivity contribution is -0.159. The predicted molar refractivity (Wildman–Crippen MR) is 84.0 cm³/mol. The Morgan fingerprint density at radius 2 is 0.909 bits per heavy atom. The molecule has 0 aromatic heterocycles. The Morgan fingerprint density at radius 3 is 1.27 bits per heavy atom. The Bertz CT molecular complexity index is 365. The van der Waals surface area contributed by atoms with Gasteiger partial charge in [0.2, 0.25) is 0 Å². The van der Waals surface area contributed by atoms with E-state index in [1.54, 1.807) is 9.80 Å². The van der Waals surface area contributed by atoms with Gasteiger partial charge in [0.05, 0.1) is 13.3 Å². The molecular formula is C16H28N4O2. The fourth-order valence-corrected chi connectivity index (χ4v) is 3.67. The summed E-state index contributed by atoms with van der Waals surface area (Å²) in [5.41, 5.74) is 0. The van der Waals surface area contributed by atoms with E-state index in [1.165, 1.54) is 38.5 Å². The number of carbonyl (C=O) groups is 2. The maximum atomic E-state index is 12.3. The van der Waals surface area contributed by atoms with Gasteiger partial charge in [-0.15, -0.1) is 0 Å². The van der Waals surface area contributed by atoms with Gasteiger partial charge in [0, 0.05) is 13.1 Å². The molecule has 6 nitrogen and oxygen atoms in total. The van der Waals surface area contributed by atoms with Gasteiger partial charge in [0.1, 0.15) is 0 Å². The van der Waals surface area contributed by atoms with Crippen molar-refractivity contribution in [2.24, 2.45) is 0 Å². The van der Waals surface area contributed by atoms with Crippen LogP contribution >= 0.6 is 0 Å². The summed E-state index contributed by atoms with van der Waals surface area (Å²) in [7, 11) is 0. The van der Waals surface area contributed by atoms with Gasteiger partial charge in [0.25, 0.3) is 0 Å². The van der Waals surface area contributed by atoms with Crippen LogP contribution in [0, 0.1) is 0 Å². The largest absolute Gasteiger partial charge is 0.320 e. The van der Waals surface area contributed by atoms with Crippen molar-refractivity contribution in [2.45, 2.75) is 38.5 Å². The molecule has 0 aromatic rings. The zero-order chi connectivity index (χ0) is 15.4. The first-order valence-electron chi connectivity index (χ1n) is 8.77. The molecule has 0 spiro atoms. The van der Waals surface area contributed by atoms with E-state index in [0.29, 0.717) is 26.4 Å². The fraction of sp³-hybridized carbons (Fsp3) is 0.875. The molecule has 3 aliphatic heterocycles. The van der Waals surface area contributed by atoms with Crippen molar-refractivity contribution in [3.63, 3.8) is 0 Å². The molecule has 3 aliphatic rings. The Balaban J connectivity index is 1.50. The van der Waals surface area contributed by atoms with Crippen LogP contribution in [0.4, 0.5) is 0 Å². The summed E-state index contributed by atoms with van der Waals surface area (Å²) in [5.74, 6) is -0.623. The van der Waals surface area contributed by atoms with Gasteiger partial charge >= 0.3 is 11.8 Å². The highest BCUT2D eigenvalue weighted by Gasteiger charge is 2.34. The van der Waals surface area contributed by atoms with E-state index in [2.05, 4.69) is 9.80 Å². The average molecular weight is 308 g/mol. The Hall–Kier alpha value is -1.14. The van der Waals surface area contributed by atoms with Crippen molar-refractivity contribution in [3.8, 4) is 0 Å². The summed E-state index contributed by atoms with van der Waals surface area (Å²) in [6.45, 7) is 6.81. The molecule has 3 heterocycles. The molecule has 0 radical (unpaired) electrons. The predicted octanol–water partition coefficient (Wildman–Crippen LogP) is 0.544. The van der Waals surface area contributed by atoms with Crippen molar-refractivity contribution in [3.05, 3.63) is 0 Å². The van der Waals surface area contributed by atoms with Crippen molar-refractivity contribution >= 4 is 11.8 Å². The molecule has 3 rings (SSSR count). The maximum Gasteiger partial charge on any atom is 0.313 e. The lowest BCUT2D eigenvalue weighted by atomic mass is 10.1. The normalized spacial score (nSPS) is 25.8. The molecule has 0 aliphatic carbocycles. The third kappa shape index (κ3) is 3.79. The summed E-state index contributed by atoms with van der Waals surface area (Å²) in [4.78, 5) is 32.8. The molecule has 3 saturated heterocycles. The minimum absolute atomic E-state index is 0.311. The summed E-state index contributed by atoms with van der Waals surface area (Å²) in [6, 6.07) is 0. The molecule has 2 amide bonds. The Labute approximate surface area is 133 Å². The number of hydrogen-bond acceptors (Lipinski definition) is 4. The van der Waals surface area contributed by atoms with Crippen LogP contribution in [0.2, 0.25) is 0 Å². The number of piperidine rings is 2. The van der Waals surface area contributed by atoms with E-state index >= 15 is 0 Å². The second kappa shape index (κ2) is 7.42. The summed E-state index contributed by atoms with van der Waals surface area (Å²) in [6.07, 6.45) is 7.39. The maximum absolute atomic E-state index is 12.3. The van der Waals surface area contributed by atoms with Gasteiger partial charge in [-0.3, -0.25) is 19.4 Å². The molecular weight excluding hydrogens is 280 g/mol. The molecule has 0 bridgehead atoms. The van der Waals surface area contributed by atoms with Gasteiger partial charge in [-0.1, -0.05) is 12.8 Å². The second-order valence-electron chi connectivity index (χ2n) is 6.78. The zero-order valence-corrected chi connectivity index (χ0v) is 13.5. The zero-order valence-electron chi connectivity index (χ0n) is 13.5. The lowest BCUT2D eigenvalue weighted by Gasteiger charge is -2.40. The van der Waals surface area contributed by atoms with Crippen LogP contribution in [0.25, 0.3) is 0 Å². The highest BCUT2D eigenvalue weighted by atomic mass is 16.2. The molecule has 0 unspecified atom stereocenters. The van der Waals surface area contributed by atoms with E-state index < -0.39 is 0 Å². The number of amides is 2. The first-order chi connectivity index (χ1) is 10.7. The molecule has 0 atom stereocenters. The topological polar surface area (TPSA) is 47.1 Å². The smallest absolute Gasteiger partial charge is 0.313 e. The van der Waals surface area contributed by atoms with Gasteiger partial charge in [-0.05, 0) is 51.9 Å². The first-order valence-corrected chi connectivity index (χ1v) is 8.77. The average Bonchev–Trinajstić information content (AvgIpc) is 2.56. The minimum Gasteiger partial charge on any atom is -0.320 e. The van der Waals surface area contributed by atoms with Crippen molar-refractivity contribution in [1.82, 2.24) is 19.6 Å². The molecule has 6 heteroatoms. The molecule has 124 valence electrons. The first kappa shape index (κ1) is 15.7. The van der Waals surface area contributed by atoms with Crippen LogP contribution in [-0.4, -0.2) is 84.0 Å². The monoisotopic (exact) mass is 308 g/mol. The van der Waals surface area contributed by atoms with Gasteiger partial charge in [0.15, 0.2) is 0 Å². The molecule has 0 N–H and O–H groups in total. The quantitative estimate of drug-likeness (QED) is 0.712. The minimum atomic E-state index is -0.311.